The Balaban J connectivity index is 2.88. The SMILES string of the molecule is C=CCCC(N)c1c(C)nn(C)c1C. The first-order chi connectivity index (χ1) is 6.57. The normalized spacial score (nSPS) is 12.9. The highest BCUT2D eigenvalue weighted by Crippen LogP contribution is 2.22. The number of hydrogen-bond donors (Lipinski definition) is 1. The van der Waals surface area contributed by atoms with Gasteiger partial charge in [-0.1, -0.05) is 6.08 Å². The second-order valence-corrected chi connectivity index (χ2v) is 3.68. The van der Waals surface area contributed by atoms with Crippen LogP contribution in [-0.2, 0) is 7.05 Å². The lowest BCUT2D eigenvalue weighted by atomic mass is 10.0. The maximum Gasteiger partial charge on any atom is 0.0644 e. The van der Waals surface area contributed by atoms with Crippen LogP contribution < -0.4 is 5.73 Å². The minimum atomic E-state index is 0.0849. The zero-order valence-electron chi connectivity index (χ0n) is 9.25. The van der Waals surface area contributed by atoms with Gasteiger partial charge in [0.1, 0.15) is 0 Å². The average Bonchev–Trinajstić information content (AvgIpc) is 2.38. The van der Waals surface area contributed by atoms with Crippen LogP contribution in [0, 0.1) is 13.8 Å². The fourth-order valence-electron chi connectivity index (χ4n) is 1.77. The molecule has 0 aliphatic carbocycles. The second-order valence-electron chi connectivity index (χ2n) is 3.68. The van der Waals surface area contributed by atoms with E-state index in [2.05, 4.69) is 18.6 Å². The lowest BCUT2D eigenvalue weighted by molar-refractivity contribution is 0.650. The summed E-state index contributed by atoms with van der Waals surface area (Å²) in [5.74, 6) is 0. The van der Waals surface area contributed by atoms with Crippen molar-refractivity contribution in [1.29, 1.82) is 0 Å². The van der Waals surface area contributed by atoms with Crippen LogP contribution in [0.5, 0.6) is 0 Å². The van der Waals surface area contributed by atoms with E-state index in [0.717, 1.165) is 18.5 Å². The van der Waals surface area contributed by atoms with Crippen molar-refractivity contribution < 1.29 is 0 Å². The Hall–Kier alpha value is -1.09. The molecule has 0 fully saturated rings. The summed E-state index contributed by atoms with van der Waals surface area (Å²) < 4.78 is 1.89. The standard InChI is InChI=1S/C11H19N3/c1-5-6-7-10(12)11-8(2)13-14(4)9(11)3/h5,10H,1,6-7,12H2,2-4H3. The number of nitrogens with zero attached hydrogens (tertiary/aromatic N) is 2. The Kier molecular flexibility index (Phi) is 3.47. The van der Waals surface area contributed by atoms with Crippen LogP contribution in [0.4, 0.5) is 0 Å². The van der Waals surface area contributed by atoms with Gasteiger partial charge in [0, 0.05) is 24.3 Å². The van der Waals surface area contributed by atoms with Gasteiger partial charge in [-0.05, 0) is 26.7 Å². The molecule has 0 bridgehead atoms. The van der Waals surface area contributed by atoms with Crippen LogP contribution in [0.1, 0.15) is 35.8 Å². The van der Waals surface area contributed by atoms with E-state index in [4.69, 9.17) is 5.73 Å². The van der Waals surface area contributed by atoms with Gasteiger partial charge in [-0.15, -0.1) is 6.58 Å². The molecule has 0 aromatic carbocycles. The molecule has 0 amide bonds. The lowest BCUT2D eigenvalue weighted by Crippen LogP contribution is -2.12. The van der Waals surface area contributed by atoms with E-state index in [9.17, 15) is 0 Å². The van der Waals surface area contributed by atoms with Crippen LogP contribution in [0.3, 0.4) is 0 Å². The molecule has 0 aliphatic heterocycles. The first-order valence-corrected chi connectivity index (χ1v) is 4.94. The maximum atomic E-state index is 6.09. The Morgan fingerprint density at radius 3 is 2.64 bits per heavy atom. The third kappa shape index (κ3) is 2.04. The fraction of sp³-hybridized carbons (Fsp3) is 0.545. The van der Waals surface area contributed by atoms with Crippen LogP contribution in [-0.4, -0.2) is 9.78 Å². The Labute approximate surface area is 85.6 Å². The van der Waals surface area contributed by atoms with E-state index in [0.29, 0.717) is 0 Å². The van der Waals surface area contributed by atoms with Gasteiger partial charge in [-0.3, -0.25) is 4.68 Å². The van der Waals surface area contributed by atoms with Crippen LogP contribution in [0.15, 0.2) is 12.7 Å². The van der Waals surface area contributed by atoms with Crippen molar-refractivity contribution in [3.05, 3.63) is 29.6 Å². The molecule has 1 heterocycles. The summed E-state index contributed by atoms with van der Waals surface area (Å²) >= 11 is 0. The second kappa shape index (κ2) is 4.42. The van der Waals surface area contributed by atoms with Crippen molar-refractivity contribution in [2.24, 2.45) is 12.8 Å². The van der Waals surface area contributed by atoms with Crippen molar-refractivity contribution >= 4 is 0 Å². The third-order valence-electron chi connectivity index (χ3n) is 2.62. The molecule has 0 saturated carbocycles. The van der Waals surface area contributed by atoms with E-state index in [1.165, 1.54) is 11.3 Å². The lowest BCUT2D eigenvalue weighted by Gasteiger charge is -2.10. The largest absolute Gasteiger partial charge is 0.324 e. The van der Waals surface area contributed by atoms with Gasteiger partial charge in [0.2, 0.25) is 0 Å². The van der Waals surface area contributed by atoms with Crippen molar-refractivity contribution in [3.8, 4) is 0 Å². The topological polar surface area (TPSA) is 43.8 Å². The molecule has 78 valence electrons. The number of aromatic nitrogens is 2. The molecular weight excluding hydrogens is 174 g/mol. The van der Waals surface area contributed by atoms with E-state index in [-0.39, 0.29) is 6.04 Å². The molecule has 0 aliphatic rings. The van der Waals surface area contributed by atoms with Crippen LogP contribution in [0.2, 0.25) is 0 Å². The molecule has 14 heavy (non-hydrogen) atoms. The van der Waals surface area contributed by atoms with E-state index in [1.54, 1.807) is 0 Å². The first kappa shape index (κ1) is 11.0. The summed E-state index contributed by atoms with van der Waals surface area (Å²) in [6, 6.07) is 0.0849. The smallest absolute Gasteiger partial charge is 0.0644 e. The number of nitrogens with two attached hydrogens (primary N) is 1. The summed E-state index contributed by atoms with van der Waals surface area (Å²) in [5, 5.41) is 4.35. The van der Waals surface area contributed by atoms with Gasteiger partial charge in [0.15, 0.2) is 0 Å². The number of aryl methyl sites for hydroxylation is 2. The predicted molar refractivity (Wildman–Crippen MR) is 59.0 cm³/mol. The fourth-order valence-corrected chi connectivity index (χ4v) is 1.77. The minimum absolute atomic E-state index is 0.0849. The summed E-state index contributed by atoms with van der Waals surface area (Å²) in [4.78, 5) is 0. The van der Waals surface area contributed by atoms with Crippen LogP contribution >= 0.6 is 0 Å². The Morgan fingerprint density at radius 2 is 2.21 bits per heavy atom. The molecule has 1 aromatic rings. The highest BCUT2D eigenvalue weighted by atomic mass is 15.3. The van der Waals surface area contributed by atoms with Crippen molar-refractivity contribution in [2.45, 2.75) is 32.7 Å². The van der Waals surface area contributed by atoms with E-state index < -0.39 is 0 Å². The van der Waals surface area contributed by atoms with E-state index in [1.807, 2.05) is 24.7 Å². The first-order valence-electron chi connectivity index (χ1n) is 4.94. The molecule has 1 unspecified atom stereocenters. The molecule has 0 saturated heterocycles. The maximum absolute atomic E-state index is 6.09. The van der Waals surface area contributed by atoms with Gasteiger partial charge in [0.05, 0.1) is 5.69 Å². The van der Waals surface area contributed by atoms with Gasteiger partial charge >= 0.3 is 0 Å². The summed E-state index contributed by atoms with van der Waals surface area (Å²) in [6.07, 6.45) is 3.80. The van der Waals surface area contributed by atoms with Crippen LogP contribution in [0.25, 0.3) is 0 Å². The number of allylic oxidation sites excluding steroid dienone is 1. The molecule has 3 nitrogen and oxygen atoms in total. The number of hydrogen-bond acceptors (Lipinski definition) is 2. The molecule has 1 aromatic heterocycles. The predicted octanol–water partition coefficient (Wildman–Crippen LogP) is 2.00. The average molecular weight is 193 g/mol. The molecule has 1 atom stereocenters. The molecule has 1 rings (SSSR count). The van der Waals surface area contributed by atoms with E-state index >= 15 is 0 Å². The molecule has 3 heteroatoms. The summed E-state index contributed by atoms with van der Waals surface area (Å²) in [6.45, 7) is 7.77. The van der Waals surface area contributed by atoms with Gasteiger partial charge < -0.3 is 5.73 Å². The molecule has 2 N–H and O–H groups in total. The Bertz CT molecular complexity index is 326. The molecule has 0 radical (unpaired) electrons. The summed E-state index contributed by atoms with van der Waals surface area (Å²) in [7, 11) is 1.95. The highest BCUT2D eigenvalue weighted by Gasteiger charge is 2.15. The molecular formula is C11H19N3. The van der Waals surface area contributed by atoms with Crippen molar-refractivity contribution in [2.75, 3.05) is 0 Å². The minimum Gasteiger partial charge on any atom is -0.324 e. The Morgan fingerprint density at radius 1 is 1.57 bits per heavy atom. The highest BCUT2D eigenvalue weighted by molar-refractivity contribution is 5.27. The quantitative estimate of drug-likeness (QED) is 0.743. The van der Waals surface area contributed by atoms with Crippen molar-refractivity contribution in [1.82, 2.24) is 9.78 Å². The zero-order valence-corrected chi connectivity index (χ0v) is 9.25. The third-order valence-corrected chi connectivity index (χ3v) is 2.62. The van der Waals surface area contributed by atoms with Gasteiger partial charge in [-0.25, -0.2) is 0 Å². The number of rotatable bonds is 4. The summed E-state index contributed by atoms with van der Waals surface area (Å²) in [5.41, 5.74) is 9.49. The van der Waals surface area contributed by atoms with Gasteiger partial charge in [0.25, 0.3) is 0 Å². The van der Waals surface area contributed by atoms with Gasteiger partial charge in [-0.2, -0.15) is 5.10 Å². The zero-order chi connectivity index (χ0) is 10.7. The van der Waals surface area contributed by atoms with Crippen molar-refractivity contribution in [3.63, 3.8) is 0 Å². The molecule has 0 spiro atoms. The monoisotopic (exact) mass is 193 g/mol.